The molecule has 0 aliphatic carbocycles. The molecule has 138 valence electrons. The van der Waals surface area contributed by atoms with E-state index in [2.05, 4.69) is 17.3 Å². The number of rotatable bonds is 6. The van der Waals surface area contributed by atoms with Crippen molar-refractivity contribution in [2.24, 2.45) is 11.8 Å². The number of nitrogens with zero attached hydrogens (tertiary/aromatic N) is 2. The summed E-state index contributed by atoms with van der Waals surface area (Å²) in [7, 11) is 2.07. The van der Waals surface area contributed by atoms with Crippen LogP contribution in [0.15, 0.2) is 22.8 Å². The number of piperidine rings is 1. The van der Waals surface area contributed by atoms with E-state index in [1.165, 1.54) is 6.92 Å². The summed E-state index contributed by atoms with van der Waals surface area (Å²) in [5.74, 6) is 1.65. The van der Waals surface area contributed by atoms with Crippen molar-refractivity contribution < 1.29 is 18.7 Å². The third kappa shape index (κ3) is 4.61. The van der Waals surface area contributed by atoms with Crippen LogP contribution in [0, 0.1) is 11.8 Å². The zero-order valence-electron chi connectivity index (χ0n) is 14.9. The van der Waals surface area contributed by atoms with Crippen molar-refractivity contribution in [3.8, 4) is 0 Å². The average Bonchev–Trinajstić information content (AvgIpc) is 3.22. The Kier molecular flexibility index (Phi) is 5.75. The van der Waals surface area contributed by atoms with Gasteiger partial charge >= 0.3 is 0 Å². The van der Waals surface area contributed by atoms with Crippen LogP contribution in [0.1, 0.15) is 19.1 Å². The van der Waals surface area contributed by atoms with Crippen molar-refractivity contribution in [3.05, 3.63) is 24.2 Å². The Hall–Kier alpha value is -1.86. The Morgan fingerprint density at radius 2 is 2.28 bits per heavy atom. The summed E-state index contributed by atoms with van der Waals surface area (Å²) in [5, 5.41) is 2.58. The molecule has 7 heteroatoms. The molecule has 0 radical (unpaired) electrons. The number of ether oxygens (including phenoxy) is 1. The first kappa shape index (κ1) is 17.9. The predicted molar refractivity (Wildman–Crippen MR) is 91.6 cm³/mol. The Morgan fingerprint density at radius 3 is 3.00 bits per heavy atom. The summed E-state index contributed by atoms with van der Waals surface area (Å²) in [6.45, 7) is 5.31. The summed E-state index contributed by atoms with van der Waals surface area (Å²) in [6.07, 6.45) is 2.85. The monoisotopic (exact) mass is 349 g/mol. The van der Waals surface area contributed by atoms with Gasteiger partial charge in [-0.1, -0.05) is 0 Å². The second kappa shape index (κ2) is 8.01. The molecule has 1 aromatic rings. The smallest absolute Gasteiger partial charge is 0.241 e. The first-order valence-electron chi connectivity index (χ1n) is 8.87. The second-order valence-electron chi connectivity index (χ2n) is 7.11. The molecule has 1 aromatic heterocycles. The standard InChI is InChI=1S/C18H27N3O4/c1-13(22)19-8-18(23)21-6-5-16-14(9-21)12-25-17(16)11-20(2)10-15-4-3-7-24-15/h3-4,7,14,16-17H,5-6,8-12H2,1-2H3,(H,19,22)/t14-,16-,17+/m1/s1. The molecule has 2 amide bonds. The molecule has 0 unspecified atom stereocenters. The van der Waals surface area contributed by atoms with E-state index in [0.29, 0.717) is 18.4 Å². The van der Waals surface area contributed by atoms with Gasteiger partial charge in [0.1, 0.15) is 5.76 Å². The third-order valence-corrected chi connectivity index (χ3v) is 5.13. The third-order valence-electron chi connectivity index (χ3n) is 5.13. The fourth-order valence-electron chi connectivity index (χ4n) is 3.85. The molecule has 7 nitrogen and oxygen atoms in total. The molecule has 25 heavy (non-hydrogen) atoms. The predicted octanol–water partition coefficient (Wildman–Crippen LogP) is 0.711. The highest BCUT2D eigenvalue weighted by molar-refractivity contribution is 5.83. The lowest BCUT2D eigenvalue weighted by molar-refractivity contribution is -0.134. The van der Waals surface area contributed by atoms with E-state index in [-0.39, 0.29) is 24.5 Å². The summed E-state index contributed by atoms with van der Waals surface area (Å²) < 4.78 is 11.4. The van der Waals surface area contributed by atoms with E-state index >= 15 is 0 Å². The number of likely N-dealkylation sites (tertiary alicyclic amines) is 1. The van der Waals surface area contributed by atoms with Crippen LogP contribution >= 0.6 is 0 Å². The van der Waals surface area contributed by atoms with E-state index in [0.717, 1.165) is 38.4 Å². The van der Waals surface area contributed by atoms with Crippen LogP contribution in [0.4, 0.5) is 0 Å². The van der Waals surface area contributed by atoms with Crippen LogP contribution in [0.2, 0.25) is 0 Å². The maximum absolute atomic E-state index is 12.2. The molecule has 3 atom stereocenters. The van der Waals surface area contributed by atoms with Crippen molar-refractivity contribution in [2.45, 2.75) is 26.0 Å². The van der Waals surface area contributed by atoms with Crippen LogP contribution in [0.3, 0.4) is 0 Å². The van der Waals surface area contributed by atoms with Crippen LogP contribution in [0.5, 0.6) is 0 Å². The fourth-order valence-corrected chi connectivity index (χ4v) is 3.85. The summed E-state index contributed by atoms with van der Waals surface area (Å²) in [4.78, 5) is 27.2. The molecule has 2 fully saturated rings. The molecule has 2 saturated heterocycles. The number of hydrogen-bond acceptors (Lipinski definition) is 5. The van der Waals surface area contributed by atoms with E-state index in [9.17, 15) is 9.59 Å². The van der Waals surface area contributed by atoms with Crippen molar-refractivity contribution in [3.63, 3.8) is 0 Å². The number of fused-ring (bicyclic) bond motifs is 1. The molecular weight excluding hydrogens is 322 g/mol. The minimum atomic E-state index is -0.174. The van der Waals surface area contributed by atoms with Gasteiger partial charge in [0, 0.05) is 32.5 Å². The van der Waals surface area contributed by atoms with Crippen LogP contribution in [-0.4, -0.2) is 67.6 Å². The largest absolute Gasteiger partial charge is 0.468 e. The first-order valence-corrected chi connectivity index (χ1v) is 8.87. The second-order valence-corrected chi connectivity index (χ2v) is 7.11. The van der Waals surface area contributed by atoms with E-state index in [1.807, 2.05) is 17.0 Å². The van der Waals surface area contributed by atoms with E-state index in [4.69, 9.17) is 9.15 Å². The molecule has 1 N–H and O–H groups in total. The van der Waals surface area contributed by atoms with Crippen LogP contribution in [0.25, 0.3) is 0 Å². The molecule has 0 spiro atoms. The quantitative estimate of drug-likeness (QED) is 0.819. The number of hydrogen-bond donors (Lipinski definition) is 1. The Balaban J connectivity index is 1.47. The Morgan fingerprint density at radius 1 is 1.44 bits per heavy atom. The highest BCUT2D eigenvalue weighted by Gasteiger charge is 2.41. The molecule has 0 aromatic carbocycles. The molecular formula is C18H27N3O4. The molecule has 0 bridgehead atoms. The molecule has 2 aliphatic heterocycles. The average molecular weight is 349 g/mol. The topological polar surface area (TPSA) is 75.0 Å². The van der Waals surface area contributed by atoms with Crippen molar-refractivity contribution in [1.82, 2.24) is 15.1 Å². The summed E-state index contributed by atoms with van der Waals surface area (Å²) in [6, 6.07) is 3.88. The maximum atomic E-state index is 12.2. The van der Waals surface area contributed by atoms with E-state index in [1.54, 1.807) is 6.26 Å². The number of nitrogens with one attached hydrogen (secondary N) is 1. The maximum Gasteiger partial charge on any atom is 0.241 e. The van der Waals surface area contributed by atoms with Crippen molar-refractivity contribution in [2.75, 3.05) is 39.8 Å². The van der Waals surface area contributed by atoms with Gasteiger partial charge in [-0.2, -0.15) is 0 Å². The normalized spacial score (nSPS) is 25.9. The lowest BCUT2D eigenvalue weighted by atomic mass is 9.84. The zero-order valence-corrected chi connectivity index (χ0v) is 14.9. The highest BCUT2D eigenvalue weighted by Crippen LogP contribution is 2.34. The Labute approximate surface area is 148 Å². The molecule has 0 saturated carbocycles. The fraction of sp³-hybridized carbons (Fsp3) is 0.667. The van der Waals surface area contributed by atoms with Crippen LogP contribution in [-0.2, 0) is 20.9 Å². The van der Waals surface area contributed by atoms with Gasteiger partial charge in [-0.05, 0) is 31.5 Å². The minimum Gasteiger partial charge on any atom is -0.468 e. The summed E-state index contributed by atoms with van der Waals surface area (Å²) >= 11 is 0. The first-order chi connectivity index (χ1) is 12.0. The van der Waals surface area contributed by atoms with Gasteiger partial charge in [-0.15, -0.1) is 0 Å². The lowest BCUT2D eigenvalue weighted by Crippen LogP contribution is -2.48. The lowest BCUT2D eigenvalue weighted by Gasteiger charge is -2.36. The van der Waals surface area contributed by atoms with Crippen molar-refractivity contribution >= 4 is 11.8 Å². The zero-order chi connectivity index (χ0) is 17.8. The number of likely N-dealkylation sites (N-methyl/N-ethyl adjacent to an activating group) is 1. The number of carbonyl (C=O) groups excluding carboxylic acids is 2. The van der Waals surface area contributed by atoms with Crippen LogP contribution < -0.4 is 5.32 Å². The van der Waals surface area contributed by atoms with Gasteiger partial charge in [-0.3, -0.25) is 14.5 Å². The van der Waals surface area contributed by atoms with Crippen molar-refractivity contribution in [1.29, 1.82) is 0 Å². The van der Waals surface area contributed by atoms with Gasteiger partial charge < -0.3 is 19.4 Å². The summed E-state index contributed by atoms with van der Waals surface area (Å²) in [5.41, 5.74) is 0. The molecule has 2 aliphatic rings. The minimum absolute atomic E-state index is 0.00737. The van der Waals surface area contributed by atoms with Gasteiger partial charge in [-0.25, -0.2) is 0 Å². The van der Waals surface area contributed by atoms with Gasteiger partial charge in [0.15, 0.2) is 0 Å². The number of carbonyl (C=O) groups is 2. The Bertz CT molecular complexity index is 589. The molecule has 3 heterocycles. The molecule has 3 rings (SSSR count). The van der Waals surface area contributed by atoms with Gasteiger partial charge in [0.25, 0.3) is 0 Å². The number of amides is 2. The SMILES string of the molecule is CC(=O)NCC(=O)N1CC[C@@H]2[C@@H](CO[C@H]2CN(C)Cc2ccco2)C1. The van der Waals surface area contributed by atoms with E-state index < -0.39 is 0 Å². The highest BCUT2D eigenvalue weighted by atomic mass is 16.5. The van der Waals surface area contributed by atoms with Gasteiger partial charge in [0.2, 0.25) is 11.8 Å². The number of furan rings is 1. The van der Waals surface area contributed by atoms with Gasteiger partial charge in [0.05, 0.1) is 32.1 Å².